The molecule has 0 aliphatic carbocycles. The molecule has 2 aromatic rings. The van der Waals surface area contributed by atoms with Crippen LogP contribution in [0.2, 0.25) is 0 Å². The summed E-state index contributed by atoms with van der Waals surface area (Å²) in [6.07, 6.45) is 3.39. The van der Waals surface area contributed by atoms with Gasteiger partial charge in [-0.05, 0) is 17.5 Å². The third-order valence-corrected chi connectivity index (χ3v) is 3.42. The van der Waals surface area contributed by atoms with E-state index in [9.17, 15) is 9.59 Å². The van der Waals surface area contributed by atoms with Gasteiger partial charge in [0.05, 0.1) is 12.4 Å². The van der Waals surface area contributed by atoms with Gasteiger partial charge in [-0.3, -0.25) is 9.59 Å². The second kappa shape index (κ2) is 9.77. The Labute approximate surface area is 146 Å². The van der Waals surface area contributed by atoms with E-state index in [1.165, 1.54) is 12.4 Å². The number of carbonyl (C=O) groups excluding carboxylic acids is 2. The molecule has 2 N–H and O–H groups in total. The van der Waals surface area contributed by atoms with Crippen LogP contribution in [0.1, 0.15) is 24.5 Å². The van der Waals surface area contributed by atoms with Gasteiger partial charge in [0.2, 0.25) is 0 Å². The molecule has 2 aromatic carbocycles. The van der Waals surface area contributed by atoms with E-state index in [-0.39, 0.29) is 0 Å². The summed E-state index contributed by atoms with van der Waals surface area (Å²) >= 11 is 0. The first kappa shape index (κ1) is 18.1. The Balaban J connectivity index is 1.87. The second-order valence-electron chi connectivity index (χ2n) is 5.25. The number of benzene rings is 2. The number of carbonyl (C=O) groups is 2. The molecule has 0 spiro atoms. The van der Waals surface area contributed by atoms with Crippen LogP contribution in [-0.2, 0) is 9.59 Å². The average molecular weight is 336 g/mol. The molecule has 128 valence electrons. The van der Waals surface area contributed by atoms with Crippen molar-refractivity contribution in [2.24, 2.45) is 16.1 Å². The van der Waals surface area contributed by atoms with Crippen molar-refractivity contribution >= 4 is 24.2 Å². The predicted molar refractivity (Wildman–Crippen MR) is 98.1 cm³/mol. The summed E-state index contributed by atoms with van der Waals surface area (Å²) in [4.78, 5) is 24.2. The number of hydrogen-bond donors (Lipinski definition) is 2. The molecule has 0 unspecified atom stereocenters. The fourth-order valence-electron chi connectivity index (χ4n) is 2.06. The molecule has 0 aromatic heterocycles. The lowest BCUT2D eigenvalue weighted by atomic mass is 10.1. The molecule has 0 bridgehead atoms. The van der Waals surface area contributed by atoms with Gasteiger partial charge in [-0.1, -0.05) is 67.6 Å². The zero-order valence-electron chi connectivity index (χ0n) is 13.9. The van der Waals surface area contributed by atoms with Crippen molar-refractivity contribution in [1.29, 1.82) is 0 Å². The van der Waals surface area contributed by atoms with E-state index in [0.717, 1.165) is 11.1 Å². The lowest BCUT2D eigenvalue weighted by molar-refractivity contribution is -0.135. The van der Waals surface area contributed by atoms with Crippen LogP contribution in [-0.4, -0.2) is 24.2 Å². The number of nitrogens with zero attached hydrogens (tertiary/aromatic N) is 2. The van der Waals surface area contributed by atoms with Crippen LogP contribution in [0.15, 0.2) is 70.9 Å². The molecule has 0 fully saturated rings. The summed E-state index contributed by atoms with van der Waals surface area (Å²) in [7, 11) is 0. The van der Waals surface area contributed by atoms with Crippen LogP contribution in [0.3, 0.4) is 0 Å². The minimum atomic E-state index is -0.860. The maximum absolute atomic E-state index is 12.1. The lowest BCUT2D eigenvalue weighted by Gasteiger charge is -2.10. The Morgan fingerprint density at radius 1 is 0.840 bits per heavy atom. The van der Waals surface area contributed by atoms with E-state index in [1.807, 2.05) is 60.7 Å². The zero-order chi connectivity index (χ0) is 17.9. The maximum atomic E-state index is 12.1. The molecule has 0 atom stereocenters. The van der Waals surface area contributed by atoms with Crippen LogP contribution >= 0.6 is 0 Å². The van der Waals surface area contributed by atoms with E-state index >= 15 is 0 Å². The average Bonchev–Trinajstić information content (AvgIpc) is 2.64. The van der Waals surface area contributed by atoms with Crippen LogP contribution in [0, 0.1) is 5.92 Å². The highest BCUT2D eigenvalue weighted by molar-refractivity contribution is 6.00. The van der Waals surface area contributed by atoms with Crippen LogP contribution in [0.25, 0.3) is 0 Å². The Morgan fingerprint density at radius 3 is 1.60 bits per heavy atom. The summed E-state index contributed by atoms with van der Waals surface area (Å²) in [6, 6.07) is 18.7. The third kappa shape index (κ3) is 6.02. The van der Waals surface area contributed by atoms with Gasteiger partial charge in [0.25, 0.3) is 11.8 Å². The molecule has 0 aliphatic rings. The van der Waals surface area contributed by atoms with Crippen molar-refractivity contribution < 1.29 is 9.59 Å². The van der Waals surface area contributed by atoms with E-state index in [0.29, 0.717) is 6.42 Å². The van der Waals surface area contributed by atoms with Crippen LogP contribution in [0.5, 0.6) is 0 Å². The van der Waals surface area contributed by atoms with E-state index < -0.39 is 17.7 Å². The highest BCUT2D eigenvalue weighted by Gasteiger charge is 2.24. The molecule has 2 rings (SSSR count). The molecular weight excluding hydrogens is 316 g/mol. The number of hydrazone groups is 2. The number of rotatable bonds is 7. The molecular formula is C19H20N4O2. The van der Waals surface area contributed by atoms with E-state index in [4.69, 9.17) is 0 Å². The summed E-state index contributed by atoms with van der Waals surface area (Å²) in [5, 5.41) is 7.76. The number of hydrogen-bond acceptors (Lipinski definition) is 4. The van der Waals surface area contributed by atoms with Crippen LogP contribution < -0.4 is 10.9 Å². The topological polar surface area (TPSA) is 82.9 Å². The summed E-state index contributed by atoms with van der Waals surface area (Å²) in [5.74, 6) is -1.80. The Hall–Kier alpha value is -3.28. The monoisotopic (exact) mass is 336 g/mol. The van der Waals surface area contributed by atoms with E-state index in [1.54, 1.807) is 6.92 Å². The number of nitrogens with one attached hydrogen (secondary N) is 2. The molecule has 25 heavy (non-hydrogen) atoms. The predicted octanol–water partition coefficient (Wildman–Crippen LogP) is 2.31. The Kier molecular flexibility index (Phi) is 7.06. The van der Waals surface area contributed by atoms with Gasteiger partial charge in [0, 0.05) is 0 Å². The van der Waals surface area contributed by atoms with Gasteiger partial charge in [0.15, 0.2) is 0 Å². The first-order valence-corrected chi connectivity index (χ1v) is 7.96. The molecule has 0 saturated heterocycles. The third-order valence-electron chi connectivity index (χ3n) is 3.42. The largest absolute Gasteiger partial charge is 0.272 e. The smallest absolute Gasteiger partial charge is 0.252 e. The quantitative estimate of drug-likeness (QED) is 0.462. The molecule has 0 saturated carbocycles. The van der Waals surface area contributed by atoms with Crippen molar-refractivity contribution in [3.8, 4) is 0 Å². The Morgan fingerprint density at radius 2 is 1.24 bits per heavy atom. The van der Waals surface area contributed by atoms with Crippen molar-refractivity contribution in [3.05, 3.63) is 71.8 Å². The molecule has 0 radical (unpaired) electrons. The van der Waals surface area contributed by atoms with Crippen molar-refractivity contribution in [2.45, 2.75) is 13.3 Å². The normalized spacial score (nSPS) is 11.1. The maximum Gasteiger partial charge on any atom is 0.252 e. The molecule has 6 heteroatoms. The minimum Gasteiger partial charge on any atom is -0.272 e. The second-order valence-corrected chi connectivity index (χ2v) is 5.25. The standard InChI is InChI=1S/C19H20N4O2/c1-2-17(18(24)22-20-13-15-9-5-3-6-10-15)19(25)23-21-14-16-11-7-4-8-12-16/h3-14,17H,2H2,1H3,(H,22,24)(H,23,25)/b20-13+,21-14+. The molecule has 6 nitrogen and oxygen atoms in total. The van der Waals surface area contributed by atoms with Gasteiger partial charge in [-0.15, -0.1) is 0 Å². The fourth-order valence-corrected chi connectivity index (χ4v) is 2.06. The van der Waals surface area contributed by atoms with Gasteiger partial charge >= 0.3 is 0 Å². The van der Waals surface area contributed by atoms with Crippen molar-refractivity contribution in [1.82, 2.24) is 10.9 Å². The zero-order valence-corrected chi connectivity index (χ0v) is 13.9. The first-order valence-electron chi connectivity index (χ1n) is 7.96. The van der Waals surface area contributed by atoms with Crippen LogP contribution in [0.4, 0.5) is 0 Å². The van der Waals surface area contributed by atoms with Gasteiger partial charge in [-0.2, -0.15) is 10.2 Å². The van der Waals surface area contributed by atoms with Gasteiger partial charge in [-0.25, -0.2) is 10.9 Å². The molecule has 0 aliphatic heterocycles. The first-order chi connectivity index (χ1) is 12.2. The van der Waals surface area contributed by atoms with Gasteiger partial charge < -0.3 is 0 Å². The highest BCUT2D eigenvalue weighted by atomic mass is 16.2. The van der Waals surface area contributed by atoms with E-state index in [2.05, 4.69) is 21.1 Å². The fraction of sp³-hybridized carbons (Fsp3) is 0.158. The highest BCUT2D eigenvalue weighted by Crippen LogP contribution is 2.03. The summed E-state index contributed by atoms with van der Waals surface area (Å²) in [6.45, 7) is 1.76. The Bertz CT molecular complexity index is 679. The summed E-state index contributed by atoms with van der Waals surface area (Å²) in [5.41, 5.74) is 6.49. The minimum absolute atomic E-state index is 0.347. The van der Waals surface area contributed by atoms with Crippen molar-refractivity contribution in [2.75, 3.05) is 0 Å². The number of amides is 2. The molecule has 2 amide bonds. The summed E-state index contributed by atoms with van der Waals surface area (Å²) < 4.78 is 0. The van der Waals surface area contributed by atoms with Gasteiger partial charge in [0.1, 0.15) is 5.92 Å². The SMILES string of the molecule is CCC(C(=O)N/N=C/c1ccccc1)C(=O)N/N=C/c1ccccc1. The van der Waals surface area contributed by atoms with Crippen molar-refractivity contribution in [3.63, 3.8) is 0 Å². The molecule has 0 heterocycles. The lowest BCUT2D eigenvalue weighted by Crippen LogP contribution is -2.37.